The largest absolute Gasteiger partial charge is 0.382 e. The molecule has 20 heavy (non-hydrogen) atoms. The summed E-state index contributed by atoms with van der Waals surface area (Å²) >= 11 is 3.08. The van der Waals surface area contributed by atoms with Gasteiger partial charge in [-0.15, -0.1) is 22.7 Å². The molecule has 0 radical (unpaired) electrons. The lowest BCUT2D eigenvalue weighted by atomic mass is 9.96. The third kappa shape index (κ3) is 3.69. The lowest BCUT2D eigenvalue weighted by Crippen LogP contribution is -2.34. The molecule has 5 heteroatoms. The summed E-state index contributed by atoms with van der Waals surface area (Å²) in [7, 11) is 0. The Bertz CT molecular complexity index is 567. The molecule has 1 amide bonds. The van der Waals surface area contributed by atoms with Gasteiger partial charge in [-0.3, -0.25) is 4.79 Å². The molecular weight excluding hydrogens is 290 g/mol. The predicted molar refractivity (Wildman–Crippen MR) is 84.0 cm³/mol. The van der Waals surface area contributed by atoms with E-state index in [1.165, 1.54) is 11.3 Å². The van der Waals surface area contributed by atoms with E-state index in [2.05, 4.69) is 5.32 Å². The summed E-state index contributed by atoms with van der Waals surface area (Å²) in [5.41, 5.74) is -0.378. The Kier molecular flexibility index (Phi) is 4.62. The van der Waals surface area contributed by atoms with E-state index in [1.807, 2.05) is 50.4 Å². The maximum atomic E-state index is 11.8. The van der Waals surface area contributed by atoms with E-state index < -0.39 is 6.10 Å². The molecule has 1 atom stereocenters. The van der Waals surface area contributed by atoms with Crippen LogP contribution in [0.5, 0.6) is 0 Å². The van der Waals surface area contributed by atoms with Gasteiger partial charge in [-0.2, -0.15) is 0 Å². The highest BCUT2D eigenvalue weighted by Crippen LogP contribution is 2.30. The van der Waals surface area contributed by atoms with E-state index in [0.29, 0.717) is 6.54 Å². The number of amides is 1. The number of thiophene rings is 2. The highest BCUT2D eigenvalue weighted by Gasteiger charge is 2.21. The Morgan fingerprint density at radius 1 is 1.30 bits per heavy atom. The number of aliphatic hydroxyl groups excluding tert-OH is 1. The zero-order valence-electron chi connectivity index (χ0n) is 11.8. The lowest BCUT2D eigenvalue weighted by Gasteiger charge is -2.17. The van der Waals surface area contributed by atoms with Crippen molar-refractivity contribution in [1.29, 1.82) is 0 Å². The number of hydrogen-bond donors (Lipinski definition) is 2. The number of carbonyl (C=O) groups is 1. The van der Waals surface area contributed by atoms with Gasteiger partial charge >= 0.3 is 0 Å². The average Bonchev–Trinajstić information content (AvgIpc) is 3.05. The van der Waals surface area contributed by atoms with Crippen molar-refractivity contribution in [3.8, 4) is 0 Å². The number of rotatable bonds is 4. The van der Waals surface area contributed by atoms with Crippen LogP contribution in [-0.4, -0.2) is 11.0 Å². The van der Waals surface area contributed by atoms with Gasteiger partial charge in [0, 0.05) is 20.0 Å². The fraction of sp³-hybridized carbons (Fsp3) is 0.400. The highest BCUT2D eigenvalue weighted by molar-refractivity contribution is 7.12. The topological polar surface area (TPSA) is 49.3 Å². The molecule has 0 fully saturated rings. The van der Waals surface area contributed by atoms with Crippen LogP contribution in [-0.2, 0) is 11.3 Å². The molecule has 0 saturated heterocycles. The first-order valence-electron chi connectivity index (χ1n) is 6.46. The molecule has 2 rings (SSSR count). The number of carbonyl (C=O) groups excluding carboxylic acids is 1. The summed E-state index contributed by atoms with van der Waals surface area (Å²) in [4.78, 5) is 14.7. The molecule has 1 unspecified atom stereocenters. The quantitative estimate of drug-likeness (QED) is 0.907. The zero-order chi connectivity index (χ0) is 14.8. The summed E-state index contributed by atoms with van der Waals surface area (Å²) in [5.74, 6) is 0.0336. The average molecular weight is 309 g/mol. The van der Waals surface area contributed by atoms with E-state index in [-0.39, 0.29) is 11.3 Å². The minimum atomic E-state index is -0.563. The van der Waals surface area contributed by atoms with Crippen molar-refractivity contribution in [1.82, 2.24) is 5.32 Å². The minimum Gasteiger partial charge on any atom is -0.382 e. The first-order valence-corrected chi connectivity index (χ1v) is 8.16. The molecule has 0 saturated carbocycles. The normalized spacial score (nSPS) is 13.2. The molecule has 3 nitrogen and oxygen atoms in total. The predicted octanol–water partition coefficient (Wildman–Crippen LogP) is 3.55. The number of aliphatic hydroxyl groups is 1. The van der Waals surface area contributed by atoms with Crippen LogP contribution in [0.1, 0.15) is 41.5 Å². The maximum absolute atomic E-state index is 11.8. The smallest absolute Gasteiger partial charge is 0.225 e. The van der Waals surface area contributed by atoms with E-state index in [4.69, 9.17) is 0 Å². The first kappa shape index (κ1) is 15.2. The molecule has 0 bridgehead atoms. The zero-order valence-corrected chi connectivity index (χ0v) is 13.5. The van der Waals surface area contributed by atoms with Crippen LogP contribution in [0.15, 0.2) is 29.6 Å². The molecule has 108 valence electrons. The first-order chi connectivity index (χ1) is 9.38. The van der Waals surface area contributed by atoms with Crippen molar-refractivity contribution in [2.45, 2.75) is 33.4 Å². The van der Waals surface area contributed by atoms with Crippen LogP contribution in [0, 0.1) is 5.41 Å². The van der Waals surface area contributed by atoms with Gasteiger partial charge in [0.15, 0.2) is 0 Å². The molecular formula is C15H19NO2S2. The molecule has 0 aromatic carbocycles. The highest BCUT2D eigenvalue weighted by atomic mass is 32.1. The third-order valence-electron chi connectivity index (χ3n) is 2.87. The summed E-state index contributed by atoms with van der Waals surface area (Å²) in [5, 5.41) is 15.1. The van der Waals surface area contributed by atoms with Crippen molar-refractivity contribution < 1.29 is 9.90 Å². The Morgan fingerprint density at radius 2 is 2.05 bits per heavy atom. The molecule has 0 aliphatic carbocycles. The lowest BCUT2D eigenvalue weighted by molar-refractivity contribution is -0.128. The van der Waals surface area contributed by atoms with Gasteiger partial charge < -0.3 is 10.4 Å². The monoisotopic (exact) mass is 309 g/mol. The second kappa shape index (κ2) is 6.08. The molecule has 0 aliphatic rings. The molecule has 2 aromatic heterocycles. The van der Waals surface area contributed by atoms with Crippen molar-refractivity contribution in [2.24, 2.45) is 5.41 Å². The third-order valence-corrected chi connectivity index (χ3v) is 4.93. The Morgan fingerprint density at radius 3 is 2.65 bits per heavy atom. The van der Waals surface area contributed by atoms with Crippen LogP contribution in [0.3, 0.4) is 0 Å². The summed E-state index contributed by atoms with van der Waals surface area (Å²) in [6.07, 6.45) is -0.563. The second-order valence-electron chi connectivity index (χ2n) is 5.65. The van der Waals surface area contributed by atoms with Crippen LogP contribution in [0.2, 0.25) is 0 Å². The Labute approximate surface area is 127 Å². The van der Waals surface area contributed by atoms with Crippen LogP contribution in [0.4, 0.5) is 0 Å². The van der Waals surface area contributed by atoms with Gasteiger partial charge in [0.25, 0.3) is 0 Å². The summed E-state index contributed by atoms with van der Waals surface area (Å²) in [6, 6.07) is 7.74. The van der Waals surface area contributed by atoms with Gasteiger partial charge in [-0.25, -0.2) is 0 Å². The van der Waals surface area contributed by atoms with Crippen molar-refractivity contribution in [3.05, 3.63) is 44.3 Å². The van der Waals surface area contributed by atoms with Gasteiger partial charge in [0.1, 0.15) is 6.10 Å². The van der Waals surface area contributed by atoms with E-state index in [0.717, 1.165) is 14.6 Å². The minimum absolute atomic E-state index is 0.0336. The van der Waals surface area contributed by atoms with E-state index in [9.17, 15) is 9.90 Å². The van der Waals surface area contributed by atoms with Gasteiger partial charge in [-0.05, 0) is 23.6 Å². The fourth-order valence-corrected chi connectivity index (χ4v) is 3.42. The molecule has 2 aromatic rings. The maximum Gasteiger partial charge on any atom is 0.225 e. The van der Waals surface area contributed by atoms with Crippen molar-refractivity contribution in [3.63, 3.8) is 0 Å². The second-order valence-corrected chi connectivity index (χ2v) is 7.83. The van der Waals surface area contributed by atoms with Crippen LogP contribution < -0.4 is 5.32 Å². The molecule has 0 aliphatic heterocycles. The van der Waals surface area contributed by atoms with Crippen molar-refractivity contribution >= 4 is 28.6 Å². The SMILES string of the molecule is CC(C)(C)C(=O)NCc1ccc(C(O)c2cccs2)s1. The number of hydrogen-bond acceptors (Lipinski definition) is 4. The van der Waals surface area contributed by atoms with Crippen LogP contribution >= 0.6 is 22.7 Å². The van der Waals surface area contributed by atoms with E-state index in [1.54, 1.807) is 11.3 Å². The van der Waals surface area contributed by atoms with Gasteiger partial charge in [0.2, 0.25) is 5.91 Å². The molecule has 2 heterocycles. The van der Waals surface area contributed by atoms with Crippen LogP contribution in [0.25, 0.3) is 0 Å². The molecule has 0 spiro atoms. The van der Waals surface area contributed by atoms with Gasteiger partial charge in [-0.1, -0.05) is 26.8 Å². The number of nitrogens with one attached hydrogen (secondary N) is 1. The van der Waals surface area contributed by atoms with Crippen molar-refractivity contribution in [2.75, 3.05) is 0 Å². The van der Waals surface area contributed by atoms with Gasteiger partial charge in [0.05, 0.1) is 6.54 Å². The van der Waals surface area contributed by atoms with E-state index >= 15 is 0 Å². The Hall–Kier alpha value is -1.17. The Balaban J connectivity index is 1.98. The summed E-state index contributed by atoms with van der Waals surface area (Å²) in [6.45, 7) is 6.19. The fourth-order valence-electron chi connectivity index (χ4n) is 1.66. The summed E-state index contributed by atoms with van der Waals surface area (Å²) < 4.78 is 0. The standard InChI is InChI=1S/C15H19NO2S2/c1-15(2,3)14(18)16-9-10-6-7-12(20-10)13(17)11-5-4-8-19-11/h4-8,13,17H,9H2,1-3H3,(H,16,18). The molecule has 2 N–H and O–H groups in total.